The van der Waals surface area contributed by atoms with Crippen molar-refractivity contribution in [1.29, 1.82) is 0 Å². The number of nitrogens with zero attached hydrogens (tertiary/aromatic N) is 3. The van der Waals surface area contributed by atoms with Crippen LogP contribution in [0, 0.1) is 0 Å². The Hall–Kier alpha value is -2.18. The number of benzene rings is 2. The lowest BCUT2D eigenvalue weighted by atomic mass is 10.2. The van der Waals surface area contributed by atoms with Gasteiger partial charge in [0.1, 0.15) is 11.3 Å². The molecule has 1 aliphatic heterocycles. The van der Waals surface area contributed by atoms with Gasteiger partial charge in [0, 0.05) is 31.9 Å². The number of aromatic nitrogens is 1. The molecule has 1 fully saturated rings. The molecule has 4 rings (SSSR count). The molecule has 0 atom stereocenters. The van der Waals surface area contributed by atoms with Crippen molar-refractivity contribution in [1.82, 2.24) is 9.88 Å². The van der Waals surface area contributed by atoms with E-state index in [1.807, 2.05) is 36.4 Å². The number of para-hydroxylation sites is 4. The lowest BCUT2D eigenvalue weighted by Gasteiger charge is -2.36. The highest BCUT2D eigenvalue weighted by Gasteiger charge is 2.19. The van der Waals surface area contributed by atoms with E-state index in [2.05, 4.69) is 26.9 Å². The first-order valence-electron chi connectivity index (χ1n) is 10.9. The summed E-state index contributed by atoms with van der Waals surface area (Å²) in [6.45, 7) is 5.61. The highest BCUT2D eigenvalue weighted by molar-refractivity contribution is 7.99. The molecule has 0 radical (unpaired) electrons. The molecule has 2 aromatic carbocycles. The summed E-state index contributed by atoms with van der Waals surface area (Å²) in [5, 5.41) is 0.795. The highest BCUT2D eigenvalue weighted by Crippen LogP contribution is 2.28. The summed E-state index contributed by atoms with van der Waals surface area (Å²) in [6, 6.07) is 16.3. The zero-order chi connectivity index (χ0) is 20.6. The number of thioether (sulfide) groups is 1. The van der Waals surface area contributed by atoms with Crippen LogP contribution in [0.5, 0.6) is 5.75 Å². The van der Waals surface area contributed by atoms with Gasteiger partial charge in [-0.15, -0.1) is 0 Å². The molecule has 1 saturated heterocycles. The topological polar surface area (TPSA) is 41.7 Å². The lowest BCUT2D eigenvalue weighted by molar-refractivity contribution is 0.251. The maximum atomic E-state index is 5.76. The molecule has 30 heavy (non-hydrogen) atoms. The monoisotopic (exact) mass is 424 g/mol. The van der Waals surface area contributed by atoms with E-state index < -0.39 is 0 Å². The van der Waals surface area contributed by atoms with E-state index in [0.717, 1.165) is 54.0 Å². The predicted octanol–water partition coefficient (Wildman–Crippen LogP) is 5.31. The molecule has 0 saturated carbocycles. The molecule has 0 unspecified atom stereocenters. The van der Waals surface area contributed by atoms with Crippen molar-refractivity contribution < 1.29 is 9.15 Å². The Bertz CT molecular complexity index is 888. The van der Waals surface area contributed by atoms with Gasteiger partial charge in [0.05, 0.1) is 12.8 Å². The van der Waals surface area contributed by atoms with Gasteiger partial charge in [0.2, 0.25) is 0 Å². The first kappa shape index (κ1) is 21.1. The summed E-state index contributed by atoms with van der Waals surface area (Å²) in [7, 11) is 1.75. The molecule has 160 valence electrons. The SMILES string of the molecule is [11CH3]Oc1ccccc1N1CCN(CCCCCCSc2nc3ccccc3o2)CC1. The third-order valence-electron chi connectivity index (χ3n) is 5.67. The molecule has 0 N–H and O–H groups in total. The van der Waals surface area contributed by atoms with Crippen molar-refractivity contribution in [2.75, 3.05) is 50.5 Å². The number of methoxy groups -OCH3 is 1. The molecule has 6 heteroatoms. The summed E-state index contributed by atoms with van der Waals surface area (Å²) in [5.74, 6) is 2.05. The Morgan fingerprint density at radius 1 is 0.933 bits per heavy atom. The van der Waals surface area contributed by atoms with Gasteiger partial charge in [-0.2, -0.15) is 0 Å². The van der Waals surface area contributed by atoms with E-state index in [-0.39, 0.29) is 0 Å². The average molecular weight is 425 g/mol. The molecular formula is C24H31N3O2S. The van der Waals surface area contributed by atoms with Crippen LogP contribution in [-0.2, 0) is 0 Å². The quantitative estimate of drug-likeness (QED) is 0.324. The van der Waals surface area contributed by atoms with Gasteiger partial charge in [0.25, 0.3) is 5.22 Å². The van der Waals surface area contributed by atoms with E-state index in [4.69, 9.17) is 9.15 Å². The number of hydrogen-bond donors (Lipinski definition) is 0. The van der Waals surface area contributed by atoms with E-state index in [0.29, 0.717) is 0 Å². The second-order valence-electron chi connectivity index (χ2n) is 7.71. The zero-order valence-corrected chi connectivity index (χ0v) is 18.6. The van der Waals surface area contributed by atoms with E-state index in [1.54, 1.807) is 18.9 Å². The van der Waals surface area contributed by atoms with Crippen LogP contribution in [0.1, 0.15) is 25.7 Å². The van der Waals surface area contributed by atoms with Gasteiger partial charge in [-0.1, -0.05) is 48.9 Å². The third-order valence-corrected chi connectivity index (χ3v) is 6.58. The molecule has 5 nitrogen and oxygen atoms in total. The standard InChI is InChI=1S/C24H31N3O2S/c1-28-23-13-7-5-11-21(23)27-17-15-26(16-18-27)14-8-2-3-9-19-30-24-25-20-10-4-6-12-22(20)29-24/h4-7,10-13H,2-3,8-9,14-19H2,1H3/i1-1. The number of unbranched alkanes of at least 4 members (excludes halogenated alkanes) is 3. The average Bonchev–Trinajstić information content (AvgIpc) is 3.22. The van der Waals surface area contributed by atoms with Crippen molar-refractivity contribution >= 4 is 28.5 Å². The number of ether oxygens (including phenoxy) is 1. The minimum atomic E-state index is 0.795. The number of anilines is 1. The van der Waals surface area contributed by atoms with Gasteiger partial charge >= 0.3 is 0 Å². The maximum absolute atomic E-state index is 5.76. The van der Waals surface area contributed by atoms with Gasteiger partial charge in [-0.05, 0) is 43.7 Å². The fraction of sp³-hybridized carbons (Fsp3) is 0.458. The van der Waals surface area contributed by atoms with Crippen LogP contribution in [-0.4, -0.2) is 55.5 Å². The largest absolute Gasteiger partial charge is 0.495 e. The normalized spacial score (nSPS) is 15.0. The van der Waals surface area contributed by atoms with Crippen molar-refractivity contribution in [3.05, 3.63) is 48.5 Å². The van der Waals surface area contributed by atoms with E-state index >= 15 is 0 Å². The number of rotatable bonds is 10. The minimum absolute atomic E-state index is 0.795. The van der Waals surface area contributed by atoms with Crippen LogP contribution in [0.2, 0.25) is 0 Å². The minimum Gasteiger partial charge on any atom is -0.495 e. The van der Waals surface area contributed by atoms with Crippen LogP contribution in [0.15, 0.2) is 58.2 Å². The Morgan fingerprint density at radius 2 is 1.70 bits per heavy atom. The van der Waals surface area contributed by atoms with Crippen LogP contribution < -0.4 is 9.64 Å². The van der Waals surface area contributed by atoms with Crippen molar-refractivity contribution in [2.45, 2.75) is 30.9 Å². The Kier molecular flexibility index (Phi) is 7.54. The third kappa shape index (κ3) is 5.49. The maximum Gasteiger partial charge on any atom is 0.256 e. The molecule has 2 heterocycles. The highest BCUT2D eigenvalue weighted by atomic mass is 32.2. The predicted molar refractivity (Wildman–Crippen MR) is 125 cm³/mol. The Morgan fingerprint density at radius 3 is 2.53 bits per heavy atom. The molecule has 0 aliphatic carbocycles. The summed E-state index contributed by atoms with van der Waals surface area (Å²) in [5.41, 5.74) is 3.05. The van der Waals surface area contributed by atoms with Gasteiger partial charge in [0.15, 0.2) is 5.58 Å². The summed E-state index contributed by atoms with van der Waals surface area (Å²) in [6.07, 6.45) is 5.06. The van der Waals surface area contributed by atoms with Crippen LogP contribution in [0.25, 0.3) is 11.1 Å². The smallest absolute Gasteiger partial charge is 0.256 e. The van der Waals surface area contributed by atoms with Gasteiger partial charge in [-0.25, -0.2) is 4.98 Å². The fourth-order valence-electron chi connectivity index (χ4n) is 3.97. The molecule has 3 aromatic rings. The van der Waals surface area contributed by atoms with E-state index in [9.17, 15) is 0 Å². The number of fused-ring (bicyclic) bond motifs is 1. The Balaban J connectivity index is 1.08. The number of oxazole rings is 1. The van der Waals surface area contributed by atoms with Crippen LogP contribution in [0.4, 0.5) is 5.69 Å². The molecule has 0 bridgehead atoms. The zero-order valence-electron chi connectivity index (χ0n) is 17.8. The van der Waals surface area contributed by atoms with Crippen molar-refractivity contribution in [3.8, 4) is 5.75 Å². The number of piperazine rings is 1. The second-order valence-corrected chi connectivity index (χ2v) is 8.76. The van der Waals surface area contributed by atoms with E-state index in [1.165, 1.54) is 37.9 Å². The lowest BCUT2D eigenvalue weighted by Crippen LogP contribution is -2.46. The first-order chi connectivity index (χ1) is 14.8. The van der Waals surface area contributed by atoms with Gasteiger partial charge in [-0.3, -0.25) is 4.90 Å². The van der Waals surface area contributed by atoms with Crippen LogP contribution in [0.3, 0.4) is 0 Å². The summed E-state index contributed by atoms with van der Waals surface area (Å²) < 4.78 is 11.3. The Labute approximate surface area is 183 Å². The molecule has 0 spiro atoms. The summed E-state index contributed by atoms with van der Waals surface area (Å²) >= 11 is 1.73. The molecular weight excluding hydrogens is 393 g/mol. The van der Waals surface area contributed by atoms with Crippen molar-refractivity contribution in [3.63, 3.8) is 0 Å². The first-order valence-corrected chi connectivity index (χ1v) is 11.9. The summed E-state index contributed by atoms with van der Waals surface area (Å²) in [4.78, 5) is 9.56. The van der Waals surface area contributed by atoms with Gasteiger partial charge < -0.3 is 14.1 Å². The molecule has 1 aliphatic rings. The van der Waals surface area contributed by atoms with Crippen molar-refractivity contribution in [2.24, 2.45) is 0 Å². The molecule has 1 aromatic heterocycles. The van der Waals surface area contributed by atoms with Crippen LogP contribution >= 0.6 is 11.8 Å². The number of hydrogen-bond acceptors (Lipinski definition) is 6. The fourth-order valence-corrected chi connectivity index (χ4v) is 4.80. The molecule has 0 amide bonds. The second kappa shape index (κ2) is 10.7.